The maximum atomic E-state index is 12.3. The maximum Gasteiger partial charge on any atom is 0.584 e. The van der Waals surface area contributed by atoms with Crippen LogP contribution in [0.5, 0.6) is 11.5 Å². The van der Waals surface area contributed by atoms with Gasteiger partial charge in [0, 0.05) is 11.1 Å². The molecule has 0 saturated carbocycles. The topological polar surface area (TPSA) is 72.8 Å². The summed E-state index contributed by atoms with van der Waals surface area (Å²) in [4.78, 5) is 22.2. The van der Waals surface area contributed by atoms with Crippen LogP contribution in [0.2, 0.25) is 0 Å². The number of carbonyl (C=O) groups excluding carboxylic acids is 1. The van der Waals surface area contributed by atoms with Gasteiger partial charge < -0.3 is 9.05 Å². The molecule has 3 aromatic rings. The fraction of sp³-hybridized carbons (Fsp3) is 0. The van der Waals surface area contributed by atoms with Crippen LogP contribution in [0.4, 0.5) is 0 Å². The molecule has 0 heterocycles. The smallest absolute Gasteiger partial charge is 0.395 e. The van der Waals surface area contributed by atoms with Crippen molar-refractivity contribution in [3.05, 3.63) is 102 Å². The number of rotatable bonds is 7. The molecule has 0 fully saturated rings. The monoisotopic (exact) mass is 380 g/mol. The lowest BCUT2D eigenvalue weighted by Crippen LogP contribution is -2.01. The van der Waals surface area contributed by atoms with Crippen LogP contribution in [0.25, 0.3) is 6.08 Å². The van der Waals surface area contributed by atoms with Gasteiger partial charge in [-0.15, -0.1) is 0 Å². The Kier molecular flexibility index (Phi) is 5.87. The number of ketones is 1. The van der Waals surface area contributed by atoms with E-state index in [1.807, 2.05) is 6.07 Å². The average molecular weight is 380 g/mol. The Morgan fingerprint density at radius 3 is 2.11 bits per heavy atom. The molecule has 0 aliphatic heterocycles. The summed E-state index contributed by atoms with van der Waals surface area (Å²) in [6.45, 7) is 0. The van der Waals surface area contributed by atoms with Crippen molar-refractivity contribution in [2.45, 2.75) is 0 Å². The highest BCUT2D eigenvalue weighted by Crippen LogP contribution is 2.45. The number of hydrogen-bond acceptors (Lipinski definition) is 4. The van der Waals surface area contributed by atoms with Crippen LogP contribution in [0.15, 0.2) is 91.0 Å². The second-order valence-electron chi connectivity index (χ2n) is 5.57. The first-order valence-corrected chi connectivity index (χ1v) is 9.66. The van der Waals surface area contributed by atoms with E-state index >= 15 is 0 Å². The molecule has 0 aliphatic rings. The van der Waals surface area contributed by atoms with E-state index in [2.05, 4.69) is 0 Å². The number of carbonyl (C=O) groups is 1. The van der Waals surface area contributed by atoms with Crippen molar-refractivity contribution in [2.24, 2.45) is 0 Å². The molecular weight excluding hydrogens is 363 g/mol. The van der Waals surface area contributed by atoms with Crippen LogP contribution in [-0.2, 0) is 4.57 Å². The third-order valence-corrected chi connectivity index (χ3v) is 4.44. The van der Waals surface area contributed by atoms with E-state index in [0.717, 1.165) is 0 Å². The van der Waals surface area contributed by atoms with Crippen molar-refractivity contribution >= 4 is 19.7 Å². The minimum Gasteiger partial charge on any atom is -0.395 e. The molecule has 1 unspecified atom stereocenters. The highest BCUT2D eigenvalue weighted by molar-refractivity contribution is 7.48. The zero-order valence-corrected chi connectivity index (χ0v) is 15.2. The van der Waals surface area contributed by atoms with Crippen molar-refractivity contribution in [1.29, 1.82) is 0 Å². The summed E-state index contributed by atoms with van der Waals surface area (Å²) in [7, 11) is -4.39. The molecule has 0 saturated heterocycles. The summed E-state index contributed by atoms with van der Waals surface area (Å²) in [6, 6.07) is 23.6. The van der Waals surface area contributed by atoms with E-state index in [9.17, 15) is 14.3 Å². The summed E-state index contributed by atoms with van der Waals surface area (Å²) in [5, 5.41) is 0. The molecule has 1 atom stereocenters. The van der Waals surface area contributed by atoms with E-state index in [4.69, 9.17) is 9.05 Å². The third kappa shape index (κ3) is 5.42. The van der Waals surface area contributed by atoms with Crippen molar-refractivity contribution in [3.8, 4) is 11.5 Å². The molecule has 136 valence electrons. The zero-order chi connectivity index (χ0) is 19.1. The largest absolute Gasteiger partial charge is 0.584 e. The van der Waals surface area contributed by atoms with Gasteiger partial charge in [0.2, 0.25) is 0 Å². The summed E-state index contributed by atoms with van der Waals surface area (Å²) in [6.07, 6.45) is 2.92. The minimum atomic E-state index is -4.39. The first-order chi connectivity index (χ1) is 13.0. The third-order valence-electron chi connectivity index (χ3n) is 3.57. The quantitative estimate of drug-likeness (QED) is 0.349. The van der Waals surface area contributed by atoms with E-state index in [-0.39, 0.29) is 17.3 Å². The molecule has 0 aromatic heterocycles. The fourth-order valence-electron chi connectivity index (χ4n) is 2.32. The predicted molar refractivity (Wildman–Crippen MR) is 104 cm³/mol. The second kappa shape index (κ2) is 8.49. The highest BCUT2D eigenvalue weighted by atomic mass is 31.2. The Balaban J connectivity index is 1.76. The number of phosphoric ester groups is 1. The maximum absolute atomic E-state index is 12.3. The molecule has 3 aromatic carbocycles. The van der Waals surface area contributed by atoms with Gasteiger partial charge in [-0.1, -0.05) is 66.7 Å². The van der Waals surface area contributed by atoms with Gasteiger partial charge in [-0.2, -0.15) is 0 Å². The van der Waals surface area contributed by atoms with Crippen LogP contribution in [0.1, 0.15) is 15.9 Å². The average Bonchev–Trinajstić information content (AvgIpc) is 2.68. The number of benzene rings is 3. The normalized spacial score (nSPS) is 13.1. The van der Waals surface area contributed by atoms with Gasteiger partial charge in [-0.05, 0) is 30.4 Å². The Bertz CT molecular complexity index is 984. The molecule has 6 heteroatoms. The molecule has 0 bridgehead atoms. The van der Waals surface area contributed by atoms with Crippen LogP contribution >= 0.6 is 7.82 Å². The van der Waals surface area contributed by atoms with Crippen molar-refractivity contribution in [3.63, 3.8) is 0 Å². The van der Waals surface area contributed by atoms with Gasteiger partial charge in [0.05, 0.1) is 0 Å². The molecule has 0 amide bonds. The first-order valence-electron chi connectivity index (χ1n) is 8.17. The fourth-order valence-corrected chi connectivity index (χ4v) is 3.16. The number of phosphoric acid groups is 1. The zero-order valence-electron chi connectivity index (χ0n) is 14.3. The SMILES string of the molecule is O=C(C=Cc1ccccc1OP(=O)(O)Oc1ccccc1)c1ccccc1. The summed E-state index contributed by atoms with van der Waals surface area (Å²) >= 11 is 0. The first kappa shape index (κ1) is 18.6. The van der Waals surface area contributed by atoms with Gasteiger partial charge in [-0.3, -0.25) is 9.69 Å². The van der Waals surface area contributed by atoms with Crippen molar-refractivity contribution in [1.82, 2.24) is 0 Å². The molecular formula is C21H17O5P. The number of para-hydroxylation sites is 2. The van der Waals surface area contributed by atoms with E-state index in [1.54, 1.807) is 72.8 Å². The summed E-state index contributed by atoms with van der Waals surface area (Å²) in [5.41, 5.74) is 1.03. The molecule has 1 N–H and O–H groups in total. The lowest BCUT2D eigenvalue weighted by atomic mass is 10.1. The van der Waals surface area contributed by atoms with Crippen molar-refractivity contribution < 1.29 is 23.3 Å². The Hall–Kier alpha value is -3.14. The molecule has 5 nitrogen and oxygen atoms in total. The van der Waals surface area contributed by atoms with Gasteiger partial charge >= 0.3 is 7.82 Å². The Morgan fingerprint density at radius 2 is 1.41 bits per heavy atom. The lowest BCUT2D eigenvalue weighted by Gasteiger charge is -2.15. The standard InChI is InChI=1S/C21H17O5P/c22-20(17-9-3-1-4-10-17)16-15-18-11-7-8-14-21(18)26-27(23,24)25-19-12-5-2-6-13-19/h1-16H,(H,23,24). The second-order valence-corrected chi connectivity index (χ2v) is 6.87. The number of allylic oxidation sites excluding steroid dienone is 1. The van der Waals surface area contributed by atoms with Gasteiger partial charge in [0.1, 0.15) is 11.5 Å². The van der Waals surface area contributed by atoms with Gasteiger partial charge in [0.25, 0.3) is 0 Å². The van der Waals surface area contributed by atoms with Crippen LogP contribution in [-0.4, -0.2) is 10.7 Å². The molecule has 0 spiro atoms. The predicted octanol–water partition coefficient (Wildman–Crippen LogP) is 5.14. The van der Waals surface area contributed by atoms with E-state index in [0.29, 0.717) is 11.1 Å². The van der Waals surface area contributed by atoms with Crippen LogP contribution < -0.4 is 9.05 Å². The van der Waals surface area contributed by atoms with Gasteiger partial charge in [-0.25, -0.2) is 4.57 Å². The van der Waals surface area contributed by atoms with E-state index < -0.39 is 7.82 Å². The van der Waals surface area contributed by atoms with Crippen LogP contribution in [0.3, 0.4) is 0 Å². The van der Waals surface area contributed by atoms with Crippen molar-refractivity contribution in [2.75, 3.05) is 0 Å². The number of hydrogen-bond donors (Lipinski definition) is 1. The summed E-state index contributed by atoms with van der Waals surface area (Å²) < 4.78 is 22.5. The molecule has 27 heavy (non-hydrogen) atoms. The molecule has 3 rings (SSSR count). The van der Waals surface area contributed by atoms with E-state index in [1.165, 1.54) is 18.2 Å². The lowest BCUT2D eigenvalue weighted by molar-refractivity contribution is 0.104. The Morgan fingerprint density at radius 1 is 0.815 bits per heavy atom. The summed E-state index contributed by atoms with van der Waals surface area (Å²) in [5.74, 6) is 0.171. The molecule has 0 radical (unpaired) electrons. The van der Waals surface area contributed by atoms with Gasteiger partial charge in [0.15, 0.2) is 5.78 Å². The molecule has 0 aliphatic carbocycles. The Labute approximate surface area is 157 Å². The highest BCUT2D eigenvalue weighted by Gasteiger charge is 2.25. The van der Waals surface area contributed by atoms with Crippen LogP contribution in [0, 0.1) is 0 Å². The minimum absolute atomic E-state index is 0.136.